The van der Waals surface area contributed by atoms with Crippen LogP contribution in [0.3, 0.4) is 0 Å². The van der Waals surface area contributed by atoms with Gasteiger partial charge < -0.3 is 5.53 Å². The van der Waals surface area contributed by atoms with E-state index >= 15 is 0 Å². The van der Waals surface area contributed by atoms with Crippen LogP contribution in [-0.4, -0.2) is 10.7 Å². The van der Waals surface area contributed by atoms with Gasteiger partial charge in [0.25, 0.3) is 0 Å². The second kappa shape index (κ2) is 35.0. The number of allylic oxidation sites excluding steroid dienone is 6. The number of nitrogens with zero attached hydrogens (tertiary/aromatic N) is 2. The molecule has 0 aromatic heterocycles. The molecule has 0 aliphatic rings. The van der Waals surface area contributed by atoms with Gasteiger partial charge in [-0.05, 0) is 85.3 Å². The van der Waals surface area contributed by atoms with Crippen LogP contribution in [0.25, 0.3) is 11.1 Å². The molecular formula is C50H78N2Ni. The Hall–Kier alpha value is -2.69. The molecule has 0 unspecified atom stereocenters. The second-order valence-corrected chi connectivity index (χ2v) is 16.1. The molecule has 0 amide bonds. The molecule has 0 fully saturated rings. The summed E-state index contributed by atoms with van der Waals surface area (Å²) in [4.78, 5) is 3.47. The van der Waals surface area contributed by atoms with Gasteiger partial charge in [0.15, 0.2) is 0 Å². The van der Waals surface area contributed by atoms with E-state index in [-0.39, 0.29) is 0 Å². The van der Waals surface area contributed by atoms with Gasteiger partial charge in [0.05, 0.1) is 0 Å². The monoisotopic (exact) mass is 765 g/mol. The maximum atomic E-state index is 9.84. The zero-order valence-corrected chi connectivity index (χ0v) is 36.1. The third kappa shape index (κ3) is 23.7. The zero-order chi connectivity index (χ0) is 38.6. The van der Waals surface area contributed by atoms with Gasteiger partial charge in [-0.15, -0.1) is 4.79 Å². The fourth-order valence-electron chi connectivity index (χ4n) is 6.51. The second-order valence-electron chi connectivity index (χ2n) is 14.2. The fourth-order valence-corrected chi connectivity index (χ4v) is 7.00. The Labute approximate surface area is 334 Å². The Morgan fingerprint density at radius 2 is 1.08 bits per heavy atom. The summed E-state index contributed by atoms with van der Waals surface area (Å²) < 4.78 is 0. The first-order valence-corrected chi connectivity index (χ1v) is 23.2. The summed E-state index contributed by atoms with van der Waals surface area (Å²) in [5.74, 6) is 2.99. The fraction of sp³-hybridized carbons (Fsp3) is 0.600. The molecule has 0 radical (unpaired) electrons. The van der Waals surface area contributed by atoms with E-state index in [0.29, 0.717) is 0 Å². The van der Waals surface area contributed by atoms with Crippen molar-refractivity contribution in [2.75, 3.05) is 0 Å². The van der Waals surface area contributed by atoms with E-state index in [1.54, 1.807) is 0 Å². The van der Waals surface area contributed by atoms with E-state index in [1.807, 2.05) is 14.4 Å². The van der Waals surface area contributed by atoms with Gasteiger partial charge in [0.1, 0.15) is 5.57 Å². The van der Waals surface area contributed by atoms with E-state index in [4.69, 9.17) is 0 Å². The van der Waals surface area contributed by atoms with Crippen molar-refractivity contribution in [3.8, 4) is 0 Å². The molecule has 298 valence electrons. The molecule has 0 saturated carbocycles. The van der Waals surface area contributed by atoms with Crippen LogP contribution < -0.4 is 0 Å². The normalized spacial score (nSPS) is 11.7. The van der Waals surface area contributed by atoms with Crippen molar-refractivity contribution in [3.63, 3.8) is 0 Å². The number of hydrogen-bond donors (Lipinski definition) is 0. The first-order chi connectivity index (χ1) is 26.1. The summed E-state index contributed by atoms with van der Waals surface area (Å²) in [6, 6.07) is 18.3. The van der Waals surface area contributed by atoms with Gasteiger partial charge in [-0.3, -0.25) is 0 Å². The van der Waals surface area contributed by atoms with E-state index in [1.165, 1.54) is 154 Å². The molecular weight excluding hydrogens is 687 g/mol. The topological polar surface area (TPSA) is 36.4 Å². The molecule has 0 N–H and O–H groups in total. The van der Waals surface area contributed by atoms with Crippen LogP contribution in [0, 0.1) is 0 Å². The van der Waals surface area contributed by atoms with Gasteiger partial charge in [-0.1, -0.05) is 184 Å². The van der Waals surface area contributed by atoms with Crippen LogP contribution >= 0.6 is 0 Å². The first-order valence-electron chi connectivity index (χ1n) is 21.8. The van der Waals surface area contributed by atoms with Gasteiger partial charge in [0, 0.05) is 5.57 Å². The van der Waals surface area contributed by atoms with Crippen molar-refractivity contribution in [1.82, 2.24) is 0 Å². The molecule has 53 heavy (non-hydrogen) atoms. The molecule has 0 aliphatic heterocycles. The Morgan fingerprint density at radius 1 is 0.566 bits per heavy atom. The summed E-state index contributed by atoms with van der Waals surface area (Å²) >= 11 is 1.82. The average Bonchev–Trinajstić information content (AvgIpc) is 3.18. The van der Waals surface area contributed by atoms with Crippen molar-refractivity contribution in [3.05, 3.63) is 112 Å². The quantitative estimate of drug-likeness (QED) is 0.0198. The molecule has 3 heteroatoms. The summed E-state index contributed by atoms with van der Waals surface area (Å²) in [7, 11) is 0. The minimum absolute atomic E-state index is 0.832. The SMILES string of the molecule is CCCCCCCC=CC(=C=[N+]=[N-])C(C=CCCCCCCCCCCC)=C(c1ccc(CCCC)cc1)c1cccc(CCCC)c1.C[CH2][Ni][CH2]C. The summed E-state index contributed by atoms with van der Waals surface area (Å²) in [5.41, 5.74) is 18.1. The third-order valence-corrected chi connectivity index (χ3v) is 10.6. The number of aryl methyl sites for hydroxylation is 2. The molecule has 2 nitrogen and oxygen atoms in total. The van der Waals surface area contributed by atoms with E-state index in [2.05, 4.69) is 125 Å². The predicted molar refractivity (Wildman–Crippen MR) is 233 cm³/mol. The van der Waals surface area contributed by atoms with E-state index < -0.39 is 0 Å². The minimum atomic E-state index is 0.832. The Balaban J connectivity index is 0.00000262. The number of unbranched alkanes of at least 4 members (excludes halogenated alkanes) is 16. The molecule has 0 heterocycles. The van der Waals surface area contributed by atoms with Crippen LogP contribution in [0.4, 0.5) is 0 Å². The summed E-state index contributed by atoms with van der Waals surface area (Å²) in [6.45, 7) is 13.4. The van der Waals surface area contributed by atoms with Crippen molar-refractivity contribution < 1.29 is 19.2 Å². The third-order valence-electron chi connectivity index (χ3n) is 9.66. The number of rotatable bonds is 29. The summed E-state index contributed by atoms with van der Waals surface area (Å²) in [6.07, 6.45) is 36.3. The Morgan fingerprint density at radius 3 is 1.58 bits per heavy atom. The average molecular weight is 766 g/mol. The van der Waals surface area contributed by atoms with Crippen LogP contribution in [0.1, 0.15) is 192 Å². The maximum absolute atomic E-state index is 9.84. The van der Waals surface area contributed by atoms with E-state index in [9.17, 15) is 5.53 Å². The van der Waals surface area contributed by atoms with Crippen molar-refractivity contribution in [1.29, 1.82) is 0 Å². The number of benzene rings is 2. The van der Waals surface area contributed by atoms with Gasteiger partial charge in [-0.2, -0.15) is 0 Å². The predicted octanol–water partition coefficient (Wildman–Crippen LogP) is 16.3. The van der Waals surface area contributed by atoms with Crippen molar-refractivity contribution in [2.24, 2.45) is 0 Å². The molecule has 0 saturated heterocycles. The summed E-state index contributed by atoms with van der Waals surface area (Å²) in [5, 5.41) is 2.56. The van der Waals surface area contributed by atoms with E-state index in [0.717, 1.165) is 36.8 Å². The van der Waals surface area contributed by atoms with Crippen LogP contribution in [0.5, 0.6) is 0 Å². The Kier molecular flexibility index (Phi) is 32.0. The van der Waals surface area contributed by atoms with Crippen molar-refractivity contribution >= 4 is 11.4 Å². The van der Waals surface area contributed by atoms with Gasteiger partial charge in [0.2, 0.25) is 0 Å². The molecule has 0 bridgehead atoms. The molecule has 0 aliphatic carbocycles. The first kappa shape index (κ1) is 48.3. The molecule has 2 rings (SSSR count). The molecule has 2 aromatic rings. The Bertz CT molecular complexity index is 1350. The van der Waals surface area contributed by atoms with Crippen LogP contribution in [-0.2, 0) is 27.3 Å². The van der Waals surface area contributed by atoms with Crippen molar-refractivity contribution in [2.45, 2.75) is 194 Å². The van der Waals surface area contributed by atoms with Gasteiger partial charge in [-0.25, -0.2) is 0 Å². The molecule has 0 spiro atoms. The standard InChI is InChI=1S/C46H68N2.2C2H5.Ni/c1-5-9-13-15-17-18-19-20-22-24-26-33-45(44(39-48-47)31-25-23-21-16-14-10-6-2)46(42-36-34-40(35-37-42)28-11-7-3)43-32-27-30-41(38-43)29-12-8-4;2*1-2;/h25-27,30-38H,5-24,28-29H2,1-4H3;2*1H2,2H3;. The van der Waals surface area contributed by atoms with Crippen LogP contribution in [0.2, 0.25) is 10.8 Å². The van der Waals surface area contributed by atoms with Crippen LogP contribution in [0.15, 0.2) is 84.0 Å². The number of hydrogen-bond acceptors (Lipinski definition) is 0. The molecule has 2 aromatic carbocycles. The zero-order valence-electron chi connectivity index (χ0n) is 35.1. The molecule has 0 atom stereocenters. The van der Waals surface area contributed by atoms with Gasteiger partial charge >= 0.3 is 44.9 Å².